The zero-order chi connectivity index (χ0) is 11.5. The first-order valence-electron chi connectivity index (χ1n) is 5.50. The number of rotatable bonds is 3. The lowest BCUT2D eigenvalue weighted by Gasteiger charge is -2.07. The van der Waals surface area contributed by atoms with E-state index in [2.05, 4.69) is 26.0 Å². The van der Waals surface area contributed by atoms with Crippen molar-refractivity contribution in [2.24, 2.45) is 0 Å². The van der Waals surface area contributed by atoms with E-state index in [1.807, 2.05) is 24.3 Å². The van der Waals surface area contributed by atoms with Crippen LogP contribution in [0.3, 0.4) is 0 Å². The van der Waals surface area contributed by atoms with E-state index >= 15 is 0 Å². The van der Waals surface area contributed by atoms with Crippen molar-refractivity contribution in [1.82, 2.24) is 0 Å². The summed E-state index contributed by atoms with van der Waals surface area (Å²) in [6.45, 7) is 4.13. The van der Waals surface area contributed by atoms with Crippen LogP contribution in [0.15, 0.2) is 40.8 Å². The molecule has 84 valence electrons. The molecule has 0 aliphatic rings. The number of halogens is 1. The van der Waals surface area contributed by atoms with Crippen LogP contribution < -0.4 is 0 Å². The van der Waals surface area contributed by atoms with Crippen LogP contribution in [0.1, 0.15) is 34.9 Å². The SMILES string of the molecule is CCc1ccc(C(Cl)c2ccc(C)cc2)o1. The van der Waals surface area contributed by atoms with E-state index in [0.717, 1.165) is 23.5 Å². The summed E-state index contributed by atoms with van der Waals surface area (Å²) in [5.74, 6) is 1.80. The normalized spacial score (nSPS) is 12.7. The summed E-state index contributed by atoms with van der Waals surface area (Å²) in [7, 11) is 0. The maximum atomic E-state index is 6.36. The predicted octanol–water partition coefficient (Wildman–Crippen LogP) is 4.48. The first-order chi connectivity index (χ1) is 7.70. The van der Waals surface area contributed by atoms with Crippen molar-refractivity contribution in [2.45, 2.75) is 25.6 Å². The lowest BCUT2D eigenvalue weighted by molar-refractivity contribution is 0.474. The van der Waals surface area contributed by atoms with E-state index in [0.29, 0.717) is 0 Å². The van der Waals surface area contributed by atoms with Gasteiger partial charge in [-0.05, 0) is 24.6 Å². The summed E-state index contributed by atoms with van der Waals surface area (Å²) in [5.41, 5.74) is 2.31. The van der Waals surface area contributed by atoms with E-state index in [1.165, 1.54) is 5.56 Å². The molecule has 0 aliphatic carbocycles. The highest BCUT2D eigenvalue weighted by atomic mass is 35.5. The van der Waals surface area contributed by atoms with Gasteiger partial charge in [-0.25, -0.2) is 0 Å². The second-order valence-electron chi connectivity index (χ2n) is 3.93. The van der Waals surface area contributed by atoms with Crippen molar-refractivity contribution in [3.05, 3.63) is 59.0 Å². The Balaban J connectivity index is 2.24. The number of benzene rings is 1. The molecule has 0 N–H and O–H groups in total. The molecule has 1 atom stereocenters. The minimum atomic E-state index is -0.194. The molecule has 0 spiro atoms. The Morgan fingerprint density at radius 1 is 1.12 bits per heavy atom. The average Bonchev–Trinajstić information content (AvgIpc) is 2.77. The number of aryl methyl sites for hydroxylation is 2. The molecule has 0 fully saturated rings. The molecule has 0 amide bonds. The van der Waals surface area contributed by atoms with Crippen molar-refractivity contribution in [1.29, 1.82) is 0 Å². The summed E-state index contributed by atoms with van der Waals surface area (Å²) in [4.78, 5) is 0. The topological polar surface area (TPSA) is 13.1 Å². The van der Waals surface area contributed by atoms with Gasteiger partial charge in [-0.2, -0.15) is 0 Å². The highest BCUT2D eigenvalue weighted by Gasteiger charge is 2.14. The van der Waals surface area contributed by atoms with Crippen LogP contribution in [-0.4, -0.2) is 0 Å². The van der Waals surface area contributed by atoms with Crippen molar-refractivity contribution in [3.63, 3.8) is 0 Å². The summed E-state index contributed by atoms with van der Waals surface area (Å²) < 4.78 is 5.65. The van der Waals surface area contributed by atoms with Crippen LogP contribution >= 0.6 is 11.6 Å². The zero-order valence-corrected chi connectivity index (χ0v) is 10.3. The molecule has 2 rings (SSSR count). The predicted molar refractivity (Wildman–Crippen MR) is 67.0 cm³/mol. The van der Waals surface area contributed by atoms with Crippen molar-refractivity contribution in [3.8, 4) is 0 Å². The first-order valence-corrected chi connectivity index (χ1v) is 5.93. The summed E-state index contributed by atoms with van der Waals surface area (Å²) in [6, 6.07) is 12.2. The molecule has 1 aromatic heterocycles. The van der Waals surface area contributed by atoms with Crippen LogP contribution in [0.25, 0.3) is 0 Å². The van der Waals surface area contributed by atoms with Crippen molar-refractivity contribution in [2.75, 3.05) is 0 Å². The molecule has 0 saturated carbocycles. The first kappa shape index (κ1) is 11.3. The van der Waals surface area contributed by atoms with E-state index in [1.54, 1.807) is 0 Å². The third-order valence-corrected chi connectivity index (χ3v) is 3.12. The van der Waals surface area contributed by atoms with Gasteiger partial charge in [-0.1, -0.05) is 36.8 Å². The van der Waals surface area contributed by atoms with E-state index in [4.69, 9.17) is 16.0 Å². The number of furan rings is 1. The van der Waals surface area contributed by atoms with Gasteiger partial charge in [0.1, 0.15) is 16.9 Å². The smallest absolute Gasteiger partial charge is 0.126 e. The molecular weight excluding hydrogens is 220 g/mol. The molecule has 2 aromatic rings. The standard InChI is InChI=1S/C14H15ClO/c1-3-12-8-9-13(16-12)14(15)11-6-4-10(2)5-7-11/h4-9,14H,3H2,1-2H3. The molecule has 0 bridgehead atoms. The van der Waals surface area contributed by atoms with Gasteiger partial charge in [0.2, 0.25) is 0 Å². The molecular formula is C14H15ClO. The third-order valence-electron chi connectivity index (χ3n) is 2.65. The van der Waals surface area contributed by atoms with Crippen molar-refractivity contribution < 1.29 is 4.42 Å². The van der Waals surface area contributed by atoms with E-state index in [9.17, 15) is 0 Å². The minimum Gasteiger partial charge on any atom is -0.464 e. The maximum absolute atomic E-state index is 6.36. The summed E-state index contributed by atoms with van der Waals surface area (Å²) in [6.07, 6.45) is 0.900. The van der Waals surface area contributed by atoms with Crippen molar-refractivity contribution >= 4 is 11.6 Å². The van der Waals surface area contributed by atoms with Gasteiger partial charge >= 0.3 is 0 Å². The van der Waals surface area contributed by atoms with E-state index in [-0.39, 0.29) is 5.38 Å². The monoisotopic (exact) mass is 234 g/mol. The highest BCUT2D eigenvalue weighted by Crippen LogP contribution is 2.30. The molecule has 0 saturated heterocycles. The van der Waals surface area contributed by atoms with Gasteiger partial charge in [0.25, 0.3) is 0 Å². The number of hydrogen-bond acceptors (Lipinski definition) is 1. The Kier molecular flexibility index (Phi) is 3.35. The van der Waals surface area contributed by atoms with Gasteiger partial charge in [-0.3, -0.25) is 0 Å². The maximum Gasteiger partial charge on any atom is 0.126 e. The molecule has 0 aliphatic heterocycles. The summed E-state index contributed by atoms with van der Waals surface area (Å²) >= 11 is 6.36. The van der Waals surface area contributed by atoms with Crippen LogP contribution in [0.2, 0.25) is 0 Å². The lowest BCUT2D eigenvalue weighted by Crippen LogP contribution is -1.91. The molecule has 1 aromatic carbocycles. The Labute approximate surface area is 101 Å². The Morgan fingerprint density at radius 2 is 1.81 bits per heavy atom. The van der Waals surface area contributed by atoms with Gasteiger partial charge in [0.05, 0.1) is 0 Å². The van der Waals surface area contributed by atoms with E-state index < -0.39 is 0 Å². The Bertz CT molecular complexity index is 456. The molecule has 16 heavy (non-hydrogen) atoms. The largest absolute Gasteiger partial charge is 0.464 e. The highest BCUT2D eigenvalue weighted by molar-refractivity contribution is 6.22. The quantitative estimate of drug-likeness (QED) is 0.714. The second-order valence-corrected chi connectivity index (χ2v) is 4.37. The third kappa shape index (κ3) is 2.30. The van der Waals surface area contributed by atoms with Crippen LogP contribution in [0.5, 0.6) is 0 Å². The zero-order valence-electron chi connectivity index (χ0n) is 9.53. The summed E-state index contributed by atoms with van der Waals surface area (Å²) in [5, 5.41) is -0.194. The van der Waals surface area contributed by atoms with Gasteiger partial charge in [0.15, 0.2) is 0 Å². The van der Waals surface area contributed by atoms with Crippen LogP contribution in [0, 0.1) is 6.92 Å². The van der Waals surface area contributed by atoms with Crippen LogP contribution in [-0.2, 0) is 6.42 Å². The average molecular weight is 235 g/mol. The Hall–Kier alpha value is -1.21. The molecule has 2 heteroatoms. The lowest BCUT2D eigenvalue weighted by atomic mass is 10.1. The van der Waals surface area contributed by atoms with Crippen LogP contribution in [0.4, 0.5) is 0 Å². The second kappa shape index (κ2) is 4.75. The number of alkyl halides is 1. The molecule has 1 nitrogen and oxygen atoms in total. The fourth-order valence-electron chi connectivity index (χ4n) is 1.62. The van der Waals surface area contributed by atoms with Gasteiger partial charge in [-0.15, -0.1) is 11.6 Å². The molecule has 1 unspecified atom stereocenters. The fourth-order valence-corrected chi connectivity index (χ4v) is 1.88. The van der Waals surface area contributed by atoms with Gasteiger partial charge < -0.3 is 4.42 Å². The van der Waals surface area contributed by atoms with Gasteiger partial charge in [0, 0.05) is 6.42 Å². The molecule has 1 heterocycles. The number of hydrogen-bond donors (Lipinski definition) is 0. The fraction of sp³-hybridized carbons (Fsp3) is 0.286. The Morgan fingerprint density at radius 3 is 2.38 bits per heavy atom. The molecule has 0 radical (unpaired) electrons. The minimum absolute atomic E-state index is 0.194.